The summed E-state index contributed by atoms with van der Waals surface area (Å²) in [7, 11) is 0. The van der Waals surface area contributed by atoms with E-state index in [4.69, 9.17) is 18.9 Å². The molecular weight excluding hydrogens is 376 g/mol. The number of ether oxygens (including phenoxy) is 4. The number of hydrogen-bond acceptors (Lipinski definition) is 10. The van der Waals surface area contributed by atoms with E-state index in [0.29, 0.717) is 0 Å². The topological polar surface area (TPSA) is 152 Å². The monoisotopic (exact) mass is 394 g/mol. The van der Waals surface area contributed by atoms with Crippen LogP contribution in [0.5, 0.6) is 0 Å². The highest BCUT2D eigenvalue weighted by Gasteiger charge is 2.51. The fourth-order valence-corrected chi connectivity index (χ4v) is 2.97. The molecule has 0 radical (unpaired) electrons. The summed E-state index contributed by atoms with van der Waals surface area (Å²) >= 11 is 0. The van der Waals surface area contributed by atoms with Gasteiger partial charge in [0.05, 0.1) is 12.7 Å². The minimum absolute atomic E-state index is 0.0557. The van der Waals surface area contributed by atoms with E-state index in [1.165, 1.54) is 38.0 Å². The molecule has 3 rings (SSSR count). The molecular formula is C16H18N4O8. The number of fused-ring (bicyclic) bond motifs is 1. The number of aromatic amines is 1. The number of hydrogen-bond donors (Lipinski definition) is 1. The summed E-state index contributed by atoms with van der Waals surface area (Å²) in [5.41, 5.74) is -0.223. The molecule has 12 nitrogen and oxygen atoms in total. The van der Waals surface area contributed by atoms with Crippen molar-refractivity contribution in [3.05, 3.63) is 23.0 Å². The van der Waals surface area contributed by atoms with Gasteiger partial charge < -0.3 is 23.9 Å². The third-order valence-electron chi connectivity index (χ3n) is 3.98. The molecule has 0 aromatic carbocycles. The van der Waals surface area contributed by atoms with E-state index in [-0.39, 0.29) is 17.8 Å². The molecule has 12 heteroatoms. The quantitative estimate of drug-likeness (QED) is 0.516. The minimum Gasteiger partial charge on any atom is -0.463 e. The molecule has 150 valence electrons. The van der Waals surface area contributed by atoms with Crippen molar-refractivity contribution in [2.24, 2.45) is 0 Å². The van der Waals surface area contributed by atoms with Gasteiger partial charge in [-0.2, -0.15) is 0 Å². The minimum atomic E-state index is -1.08. The third-order valence-corrected chi connectivity index (χ3v) is 3.98. The molecule has 4 atom stereocenters. The second kappa shape index (κ2) is 7.76. The van der Waals surface area contributed by atoms with Gasteiger partial charge in [-0.15, -0.1) is 0 Å². The second-order valence-electron chi connectivity index (χ2n) is 6.07. The summed E-state index contributed by atoms with van der Waals surface area (Å²) < 4.78 is 22.8. The maximum atomic E-state index is 11.9. The fraction of sp³-hybridized carbons (Fsp3) is 0.500. The fourth-order valence-electron chi connectivity index (χ4n) is 2.97. The predicted molar refractivity (Wildman–Crippen MR) is 89.8 cm³/mol. The Balaban J connectivity index is 2.02. The van der Waals surface area contributed by atoms with Gasteiger partial charge in [0.2, 0.25) is 0 Å². The number of carbonyl (C=O) groups excluding carboxylic acids is 3. The van der Waals surface area contributed by atoms with E-state index in [1.807, 2.05) is 0 Å². The zero-order valence-corrected chi connectivity index (χ0v) is 15.3. The Morgan fingerprint density at radius 3 is 2.43 bits per heavy atom. The zero-order valence-electron chi connectivity index (χ0n) is 15.3. The Morgan fingerprint density at radius 1 is 1.11 bits per heavy atom. The summed E-state index contributed by atoms with van der Waals surface area (Å²) in [6, 6.07) is 0. The molecule has 2 aromatic rings. The highest BCUT2D eigenvalue weighted by atomic mass is 16.7. The van der Waals surface area contributed by atoms with Crippen LogP contribution in [0, 0.1) is 0 Å². The van der Waals surface area contributed by atoms with E-state index >= 15 is 0 Å². The Morgan fingerprint density at radius 2 is 1.79 bits per heavy atom. The van der Waals surface area contributed by atoms with E-state index < -0.39 is 48.0 Å². The van der Waals surface area contributed by atoms with Crippen LogP contribution in [0.1, 0.15) is 27.0 Å². The molecule has 1 saturated heterocycles. The molecule has 2 aromatic heterocycles. The number of nitrogens with one attached hydrogen (secondary N) is 1. The number of nitrogens with zero attached hydrogens (tertiary/aromatic N) is 3. The van der Waals surface area contributed by atoms with Gasteiger partial charge in [0.15, 0.2) is 29.6 Å². The maximum absolute atomic E-state index is 11.9. The lowest BCUT2D eigenvalue weighted by Crippen LogP contribution is -2.40. The average molecular weight is 394 g/mol. The van der Waals surface area contributed by atoms with Crippen LogP contribution in [-0.4, -0.2) is 62.3 Å². The molecule has 1 aliphatic rings. The molecule has 0 bridgehead atoms. The van der Waals surface area contributed by atoms with Crippen molar-refractivity contribution in [2.75, 3.05) is 6.61 Å². The first kappa shape index (κ1) is 19.5. The molecule has 28 heavy (non-hydrogen) atoms. The smallest absolute Gasteiger partial charge is 0.303 e. The predicted octanol–water partition coefficient (Wildman–Crippen LogP) is -0.556. The summed E-state index contributed by atoms with van der Waals surface area (Å²) in [6.45, 7) is 3.36. The number of esters is 3. The molecule has 1 fully saturated rings. The van der Waals surface area contributed by atoms with Gasteiger partial charge >= 0.3 is 17.9 Å². The lowest BCUT2D eigenvalue weighted by Gasteiger charge is -2.23. The number of rotatable bonds is 5. The molecule has 0 saturated carbocycles. The first-order chi connectivity index (χ1) is 13.3. The van der Waals surface area contributed by atoms with Gasteiger partial charge in [0, 0.05) is 20.8 Å². The van der Waals surface area contributed by atoms with Crippen LogP contribution < -0.4 is 5.56 Å². The average Bonchev–Trinajstić information content (AvgIpc) is 3.16. The number of H-pyrrole nitrogens is 1. The number of carbonyl (C=O) groups is 3. The summed E-state index contributed by atoms with van der Waals surface area (Å²) in [6.07, 6.45) is -1.58. The third kappa shape index (κ3) is 3.86. The molecule has 1 aliphatic heterocycles. The summed E-state index contributed by atoms with van der Waals surface area (Å²) in [4.78, 5) is 56.8. The van der Waals surface area contributed by atoms with E-state index in [0.717, 1.165) is 0 Å². The number of imidazole rings is 1. The Kier molecular flexibility index (Phi) is 5.40. The standard InChI is InChI=1S/C16H18N4O8/c1-7(21)25-4-10-12(26-8(2)22)13(27-9(3)23)16(28-10)20-6-19-11-14(20)17-5-18-15(11)24/h5-6,10,12-13,16H,4H2,1-3H3,(H,17,18,24)/t10-,12+,13-,16+/m0/s1. The van der Waals surface area contributed by atoms with Crippen molar-refractivity contribution < 1.29 is 33.3 Å². The van der Waals surface area contributed by atoms with Crippen LogP contribution >= 0.6 is 0 Å². The van der Waals surface area contributed by atoms with Crippen molar-refractivity contribution in [2.45, 2.75) is 45.3 Å². The van der Waals surface area contributed by atoms with E-state index in [2.05, 4.69) is 15.0 Å². The lowest BCUT2D eigenvalue weighted by molar-refractivity contribution is -0.166. The van der Waals surface area contributed by atoms with Crippen molar-refractivity contribution in [1.82, 2.24) is 19.5 Å². The van der Waals surface area contributed by atoms with Gasteiger partial charge in [-0.25, -0.2) is 9.97 Å². The summed E-state index contributed by atoms with van der Waals surface area (Å²) in [5, 5.41) is 0. The normalized spacial score (nSPS) is 24.1. The van der Waals surface area contributed by atoms with Crippen LogP contribution in [0.3, 0.4) is 0 Å². The molecule has 0 aliphatic carbocycles. The van der Waals surface area contributed by atoms with Crippen LogP contribution in [0.25, 0.3) is 11.2 Å². The van der Waals surface area contributed by atoms with Crippen molar-refractivity contribution in [3.8, 4) is 0 Å². The Hall–Kier alpha value is -3.28. The van der Waals surface area contributed by atoms with Gasteiger partial charge in [0.1, 0.15) is 12.7 Å². The summed E-state index contributed by atoms with van der Waals surface area (Å²) in [5.74, 6) is -1.83. The van der Waals surface area contributed by atoms with Crippen LogP contribution in [0.4, 0.5) is 0 Å². The van der Waals surface area contributed by atoms with Gasteiger partial charge in [-0.1, -0.05) is 0 Å². The SMILES string of the molecule is CC(=O)OC[C@@H]1O[C@@H](n2cnc3c(=O)[nH]cnc32)[C@@H](OC(C)=O)[C@@H]1OC(C)=O. The van der Waals surface area contributed by atoms with Crippen LogP contribution in [0.15, 0.2) is 17.4 Å². The number of aromatic nitrogens is 4. The first-order valence-electron chi connectivity index (χ1n) is 8.31. The van der Waals surface area contributed by atoms with Gasteiger partial charge in [-0.3, -0.25) is 23.7 Å². The van der Waals surface area contributed by atoms with Crippen molar-refractivity contribution in [1.29, 1.82) is 0 Å². The van der Waals surface area contributed by atoms with Gasteiger partial charge in [-0.05, 0) is 0 Å². The van der Waals surface area contributed by atoms with E-state index in [9.17, 15) is 19.2 Å². The molecule has 0 spiro atoms. The maximum Gasteiger partial charge on any atom is 0.303 e. The van der Waals surface area contributed by atoms with Crippen molar-refractivity contribution >= 4 is 29.1 Å². The second-order valence-corrected chi connectivity index (χ2v) is 6.07. The zero-order chi connectivity index (χ0) is 20.4. The molecule has 3 heterocycles. The molecule has 1 N–H and O–H groups in total. The Labute approximate surface area is 157 Å². The van der Waals surface area contributed by atoms with Crippen LogP contribution in [0.2, 0.25) is 0 Å². The van der Waals surface area contributed by atoms with Gasteiger partial charge in [0.25, 0.3) is 5.56 Å². The highest BCUT2D eigenvalue weighted by molar-refractivity contribution is 5.70. The molecule has 0 amide bonds. The first-order valence-corrected chi connectivity index (χ1v) is 8.31. The lowest BCUT2D eigenvalue weighted by atomic mass is 10.1. The molecule has 0 unspecified atom stereocenters. The largest absolute Gasteiger partial charge is 0.463 e. The van der Waals surface area contributed by atoms with Crippen molar-refractivity contribution in [3.63, 3.8) is 0 Å². The van der Waals surface area contributed by atoms with Crippen LogP contribution in [-0.2, 0) is 33.3 Å². The van der Waals surface area contributed by atoms with E-state index in [1.54, 1.807) is 0 Å². The Bertz CT molecular complexity index is 967. The highest BCUT2D eigenvalue weighted by Crippen LogP contribution is 2.35.